The standard InChI is InChI=1S/C36H68O4/c1-3-5-7-9-11-13-15-25-39-35-23-21-31(27-33(35)37)29-17-19-30(20-18-29)32-22-24-36(34(38)28-32)40-26-16-14-12-10-8-6-4-2/h29-38H,3-28H2,1-2H3. The van der Waals surface area contributed by atoms with E-state index in [4.69, 9.17) is 9.47 Å². The Morgan fingerprint density at radius 1 is 0.425 bits per heavy atom. The van der Waals surface area contributed by atoms with E-state index >= 15 is 0 Å². The first-order chi connectivity index (χ1) is 19.6. The lowest BCUT2D eigenvalue weighted by atomic mass is 9.65. The summed E-state index contributed by atoms with van der Waals surface area (Å²) >= 11 is 0. The van der Waals surface area contributed by atoms with Gasteiger partial charge in [-0.25, -0.2) is 0 Å². The molecule has 0 saturated heterocycles. The van der Waals surface area contributed by atoms with Gasteiger partial charge in [-0.2, -0.15) is 0 Å². The van der Waals surface area contributed by atoms with Gasteiger partial charge in [0.05, 0.1) is 24.4 Å². The Morgan fingerprint density at radius 2 is 0.750 bits per heavy atom. The summed E-state index contributed by atoms with van der Waals surface area (Å²) in [6.07, 6.45) is 29.6. The van der Waals surface area contributed by atoms with Gasteiger partial charge in [0, 0.05) is 13.2 Å². The summed E-state index contributed by atoms with van der Waals surface area (Å²) in [6, 6.07) is 0. The highest BCUT2D eigenvalue weighted by atomic mass is 16.5. The van der Waals surface area contributed by atoms with E-state index < -0.39 is 0 Å². The second kappa shape index (κ2) is 20.7. The van der Waals surface area contributed by atoms with Crippen LogP contribution in [0.5, 0.6) is 0 Å². The molecule has 3 fully saturated rings. The van der Waals surface area contributed by atoms with Gasteiger partial charge >= 0.3 is 0 Å². The molecule has 0 aromatic rings. The molecule has 3 rings (SSSR count). The molecule has 6 unspecified atom stereocenters. The first-order valence-corrected chi connectivity index (χ1v) is 18.2. The van der Waals surface area contributed by atoms with Crippen molar-refractivity contribution in [2.45, 2.75) is 192 Å². The highest BCUT2D eigenvalue weighted by Crippen LogP contribution is 2.45. The summed E-state index contributed by atoms with van der Waals surface area (Å²) in [5, 5.41) is 21.7. The number of hydrogen-bond donors (Lipinski definition) is 2. The molecule has 3 aliphatic carbocycles. The van der Waals surface area contributed by atoms with E-state index in [9.17, 15) is 10.2 Å². The van der Waals surface area contributed by atoms with Crippen LogP contribution in [0.4, 0.5) is 0 Å². The third-order valence-corrected chi connectivity index (χ3v) is 10.9. The Hall–Kier alpha value is -0.160. The first-order valence-electron chi connectivity index (χ1n) is 18.2. The van der Waals surface area contributed by atoms with E-state index in [0.717, 1.165) is 63.6 Å². The summed E-state index contributed by atoms with van der Waals surface area (Å²) in [6.45, 7) is 6.18. The predicted octanol–water partition coefficient (Wildman–Crippen LogP) is 9.39. The van der Waals surface area contributed by atoms with Crippen molar-refractivity contribution < 1.29 is 19.7 Å². The van der Waals surface area contributed by atoms with Crippen LogP contribution in [0.3, 0.4) is 0 Å². The van der Waals surface area contributed by atoms with E-state index in [2.05, 4.69) is 13.8 Å². The third-order valence-electron chi connectivity index (χ3n) is 10.9. The molecule has 0 spiro atoms. The zero-order chi connectivity index (χ0) is 28.4. The van der Waals surface area contributed by atoms with Gasteiger partial charge in [-0.15, -0.1) is 0 Å². The normalized spacial score (nSPS) is 33.3. The van der Waals surface area contributed by atoms with E-state index in [-0.39, 0.29) is 24.4 Å². The first kappa shape index (κ1) is 34.3. The van der Waals surface area contributed by atoms with E-state index in [1.54, 1.807) is 0 Å². The van der Waals surface area contributed by atoms with Crippen molar-refractivity contribution in [2.75, 3.05) is 13.2 Å². The van der Waals surface area contributed by atoms with Crippen LogP contribution in [0, 0.1) is 23.7 Å². The summed E-state index contributed by atoms with van der Waals surface area (Å²) in [4.78, 5) is 0. The SMILES string of the molecule is CCCCCCCCCOC1CCC(C2CCC(C3CCC(OCCCCCCCCC)C(O)C3)CC2)CC1O. The molecule has 0 bridgehead atoms. The average Bonchev–Trinajstić information content (AvgIpc) is 2.97. The lowest BCUT2D eigenvalue weighted by Gasteiger charge is -2.43. The van der Waals surface area contributed by atoms with Gasteiger partial charge in [0.25, 0.3) is 0 Å². The van der Waals surface area contributed by atoms with E-state index in [1.165, 1.54) is 116 Å². The molecule has 0 aromatic heterocycles. The van der Waals surface area contributed by atoms with Crippen LogP contribution in [0.25, 0.3) is 0 Å². The maximum absolute atomic E-state index is 10.9. The minimum atomic E-state index is -0.271. The number of ether oxygens (including phenoxy) is 2. The van der Waals surface area contributed by atoms with Gasteiger partial charge in [0.1, 0.15) is 0 Å². The smallest absolute Gasteiger partial charge is 0.0834 e. The lowest BCUT2D eigenvalue weighted by molar-refractivity contribution is -0.0856. The Kier molecular flexibility index (Phi) is 17.8. The molecule has 0 aliphatic heterocycles. The Balaban J connectivity index is 1.23. The molecule has 40 heavy (non-hydrogen) atoms. The molecule has 0 aromatic carbocycles. The summed E-state index contributed by atoms with van der Waals surface area (Å²) in [7, 11) is 0. The highest BCUT2D eigenvalue weighted by molar-refractivity contribution is 4.90. The topological polar surface area (TPSA) is 58.9 Å². The van der Waals surface area contributed by atoms with Crippen molar-refractivity contribution >= 4 is 0 Å². The van der Waals surface area contributed by atoms with Crippen LogP contribution in [0.15, 0.2) is 0 Å². The lowest BCUT2D eigenvalue weighted by Crippen LogP contribution is -2.40. The monoisotopic (exact) mass is 565 g/mol. The molecular formula is C36H68O4. The highest BCUT2D eigenvalue weighted by Gasteiger charge is 2.39. The summed E-state index contributed by atoms with van der Waals surface area (Å²) < 4.78 is 12.3. The van der Waals surface area contributed by atoms with Gasteiger partial charge in [0.15, 0.2) is 0 Å². The fraction of sp³-hybridized carbons (Fsp3) is 1.00. The fourth-order valence-electron chi connectivity index (χ4n) is 8.22. The molecule has 0 heterocycles. The fourth-order valence-corrected chi connectivity index (χ4v) is 8.22. The van der Waals surface area contributed by atoms with Crippen molar-refractivity contribution in [1.82, 2.24) is 0 Å². The molecular weight excluding hydrogens is 496 g/mol. The maximum Gasteiger partial charge on any atom is 0.0834 e. The Bertz CT molecular complexity index is 552. The number of rotatable bonds is 20. The minimum Gasteiger partial charge on any atom is -0.390 e. The summed E-state index contributed by atoms with van der Waals surface area (Å²) in [5.41, 5.74) is 0. The van der Waals surface area contributed by atoms with Gasteiger partial charge in [-0.3, -0.25) is 0 Å². The molecule has 0 amide bonds. The number of unbranched alkanes of at least 4 members (excludes halogenated alkanes) is 12. The van der Waals surface area contributed by atoms with Crippen LogP contribution in [0.1, 0.15) is 168 Å². The zero-order valence-corrected chi connectivity index (χ0v) is 26.7. The van der Waals surface area contributed by atoms with Crippen LogP contribution in [-0.4, -0.2) is 47.8 Å². The van der Waals surface area contributed by atoms with Crippen molar-refractivity contribution in [1.29, 1.82) is 0 Å². The molecule has 3 aliphatic rings. The Morgan fingerprint density at radius 3 is 1.10 bits per heavy atom. The second-order valence-electron chi connectivity index (χ2n) is 14.0. The van der Waals surface area contributed by atoms with Crippen molar-refractivity contribution in [3.63, 3.8) is 0 Å². The maximum atomic E-state index is 10.9. The van der Waals surface area contributed by atoms with E-state index in [0.29, 0.717) is 11.8 Å². The quantitative estimate of drug-likeness (QED) is 0.145. The molecule has 2 N–H and O–H groups in total. The van der Waals surface area contributed by atoms with Crippen LogP contribution >= 0.6 is 0 Å². The van der Waals surface area contributed by atoms with Crippen LogP contribution in [-0.2, 0) is 9.47 Å². The van der Waals surface area contributed by atoms with Gasteiger partial charge in [-0.05, 0) is 101 Å². The molecule has 3 saturated carbocycles. The summed E-state index contributed by atoms with van der Waals surface area (Å²) in [5.74, 6) is 2.91. The van der Waals surface area contributed by atoms with Crippen molar-refractivity contribution in [3.8, 4) is 0 Å². The second-order valence-corrected chi connectivity index (χ2v) is 14.0. The van der Waals surface area contributed by atoms with Crippen molar-refractivity contribution in [3.05, 3.63) is 0 Å². The van der Waals surface area contributed by atoms with Gasteiger partial charge in [0.2, 0.25) is 0 Å². The molecule has 4 nitrogen and oxygen atoms in total. The third kappa shape index (κ3) is 12.6. The minimum absolute atomic E-state index is 0.0670. The van der Waals surface area contributed by atoms with Crippen molar-refractivity contribution in [2.24, 2.45) is 23.7 Å². The number of hydrogen-bond acceptors (Lipinski definition) is 4. The number of aliphatic hydroxyl groups excluding tert-OH is 2. The van der Waals surface area contributed by atoms with Gasteiger partial charge < -0.3 is 19.7 Å². The number of aliphatic hydroxyl groups is 2. The Labute approximate surface area is 248 Å². The molecule has 236 valence electrons. The molecule has 4 heteroatoms. The van der Waals surface area contributed by atoms with Crippen LogP contribution in [0.2, 0.25) is 0 Å². The van der Waals surface area contributed by atoms with E-state index in [1.807, 2.05) is 0 Å². The zero-order valence-electron chi connectivity index (χ0n) is 26.7. The molecule has 6 atom stereocenters. The predicted molar refractivity (Wildman–Crippen MR) is 168 cm³/mol. The molecule has 0 radical (unpaired) electrons. The van der Waals surface area contributed by atoms with Crippen LogP contribution < -0.4 is 0 Å². The van der Waals surface area contributed by atoms with Gasteiger partial charge in [-0.1, -0.05) is 90.9 Å². The largest absolute Gasteiger partial charge is 0.390 e. The average molecular weight is 565 g/mol.